The normalized spacial score (nSPS) is 14.1. The lowest BCUT2D eigenvalue weighted by molar-refractivity contribution is -0.276. The van der Waals surface area contributed by atoms with E-state index in [4.69, 9.17) is 4.74 Å². The molecule has 0 saturated heterocycles. The predicted octanol–water partition coefficient (Wildman–Crippen LogP) is 3.72. The number of nitrogens with zero attached hydrogens (tertiary/aromatic N) is 3. The van der Waals surface area contributed by atoms with E-state index in [9.17, 15) is 26.4 Å². The molecule has 0 aliphatic carbocycles. The van der Waals surface area contributed by atoms with Crippen molar-refractivity contribution in [1.82, 2.24) is 19.5 Å². The maximum Gasteiger partial charge on any atom is 0.574 e. The molecule has 1 aliphatic rings. The summed E-state index contributed by atoms with van der Waals surface area (Å²) in [5.74, 6) is -1.40. The van der Waals surface area contributed by atoms with Gasteiger partial charge in [-0.3, -0.25) is 0 Å². The first-order chi connectivity index (χ1) is 15.3. The highest BCUT2D eigenvalue weighted by molar-refractivity contribution is 7.90. The Labute approximate surface area is 188 Å². The van der Waals surface area contributed by atoms with Crippen molar-refractivity contribution in [3.8, 4) is 11.8 Å². The minimum Gasteiger partial charge on any atom is -0.477 e. The second-order valence-corrected chi connectivity index (χ2v) is 9.62. The second kappa shape index (κ2) is 9.08. The SMILES string of the molecule is CC(C)c1cc(OC(F)(F)F)nc(C(C)C)c1NC(=O)NS(=O)(=O)c1cnn2c1OCCC2. The van der Waals surface area contributed by atoms with Gasteiger partial charge in [-0.05, 0) is 17.4 Å². The van der Waals surface area contributed by atoms with E-state index in [0.29, 0.717) is 25.1 Å². The number of aryl methyl sites for hydroxylation is 1. The summed E-state index contributed by atoms with van der Waals surface area (Å²) in [6, 6.07) is -0.0447. The van der Waals surface area contributed by atoms with E-state index >= 15 is 0 Å². The van der Waals surface area contributed by atoms with Crippen molar-refractivity contribution in [2.75, 3.05) is 11.9 Å². The molecule has 0 saturated carbocycles. The van der Waals surface area contributed by atoms with Crippen LogP contribution in [-0.4, -0.2) is 42.2 Å². The number of pyridine rings is 1. The smallest absolute Gasteiger partial charge is 0.477 e. The lowest BCUT2D eigenvalue weighted by Gasteiger charge is -2.21. The Kier molecular flexibility index (Phi) is 6.77. The highest BCUT2D eigenvalue weighted by atomic mass is 32.2. The molecule has 0 radical (unpaired) electrons. The van der Waals surface area contributed by atoms with E-state index in [0.717, 1.165) is 12.3 Å². The Morgan fingerprint density at radius 2 is 1.94 bits per heavy atom. The van der Waals surface area contributed by atoms with Gasteiger partial charge in [-0.2, -0.15) is 5.10 Å². The van der Waals surface area contributed by atoms with Gasteiger partial charge in [0, 0.05) is 19.0 Å². The Morgan fingerprint density at radius 1 is 1.24 bits per heavy atom. The molecule has 3 rings (SSSR count). The zero-order valence-electron chi connectivity index (χ0n) is 18.4. The number of sulfonamides is 1. The lowest BCUT2D eigenvalue weighted by atomic mass is 9.97. The molecule has 33 heavy (non-hydrogen) atoms. The summed E-state index contributed by atoms with van der Waals surface area (Å²) in [6.07, 6.45) is -3.19. The number of hydrogen-bond donors (Lipinski definition) is 2. The molecule has 14 heteroatoms. The zero-order chi connectivity index (χ0) is 24.6. The third kappa shape index (κ3) is 5.67. The number of rotatable bonds is 6. The largest absolute Gasteiger partial charge is 0.574 e. The zero-order valence-corrected chi connectivity index (χ0v) is 19.2. The van der Waals surface area contributed by atoms with E-state index in [2.05, 4.69) is 20.1 Å². The minimum atomic E-state index is -4.94. The first kappa shape index (κ1) is 24.6. The fourth-order valence-corrected chi connectivity index (χ4v) is 4.27. The van der Waals surface area contributed by atoms with Crippen molar-refractivity contribution in [3.63, 3.8) is 0 Å². The van der Waals surface area contributed by atoms with Crippen LogP contribution in [-0.2, 0) is 16.6 Å². The van der Waals surface area contributed by atoms with Gasteiger partial charge in [0.2, 0.25) is 11.8 Å². The number of urea groups is 1. The molecule has 2 aromatic heterocycles. The fourth-order valence-electron chi connectivity index (χ4n) is 3.29. The van der Waals surface area contributed by atoms with Gasteiger partial charge in [-0.25, -0.2) is 27.6 Å². The number of aromatic nitrogens is 3. The van der Waals surface area contributed by atoms with E-state index in [1.165, 1.54) is 4.68 Å². The molecular weight excluding hydrogens is 467 g/mol. The van der Waals surface area contributed by atoms with Crippen LogP contribution in [0, 0.1) is 0 Å². The first-order valence-corrected chi connectivity index (χ1v) is 11.6. The highest BCUT2D eigenvalue weighted by Gasteiger charge is 2.33. The molecule has 1 aliphatic heterocycles. The number of halogens is 3. The summed E-state index contributed by atoms with van der Waals surface area (Å²) in [5, 5.41) is 6.39. The number of ether oxygens (including phenoxy) is 2. The summed E-state index contributed by atoms with van der Waals surface area (Å²) < 4.78 is 76.3. The highest BCUT2D eigenvalue weighted by Crippen LogP contribution is 2.35. The van der Waals surface area contributed by atoms with Crippen molar-refractivity contribution < 1.29 is 35.9 Å². The fraction of sp³-hybridized carbons (Fsp3) is 0.526. The van der Waals surface area contributed by atoms with Crippen molar-refractivity contribution in [1.29, 1.82) is 0 Å². The molecule has 0 atom stereocenters. The van der Waals surface area contributed by atoms with Crippen LogP contribution in [0.2, 0.25) is 0 Å². The van der Waals surface area contributed by atoms with Crippen LogP contribution in [0.5, 0.6) is 11.8 Å². The number of carbonyl (C=O) groups excluding carboxylic acids is 1. The third-order valence-electron chi connectivity index (χ3n) is 4.71. The second-order valence-electron chi connectivity index (χ2n) is 7.97. The Balaban J connectivity index is 1.91. The maximum absolute atomic E-state index is 12.7. The Bertz CT molecular complexity index is 1120. The van der Waals surface area contributed by atoms with E-state index in [1.54, 1.807) is 27.7 Å². The summed E-state index contributed by atoms with van der Waals surface area (Å²) in [6.45, 7) is 7.53. The number of alkyl halides is 3. The summed E-state index contributed by atoms with van der Waals surface area (Å²) in [4.78, 5) is 16.2. The van der Waals surface area contributed by atoms with Crippen LogP contribution >= 0.6 is 0 Å². The lowest BCUT2D eigenvalue weighted by Crippen LogP contribution is -2.35. The van der Waals surface area contributed by atoms with Crippen LogP contribution in [0.1, 0.15) is 57.2 Å². The number of amides is 2. The molecule has 2 amide bonds. The molecular formula is C19H24F3N5O5S. The molecule has 10 nitrogen and oxygen atoms in total. The van der Waals surface area contributed by atoms with E-state index < -0.39 is 34.2 Å². The molecule has 0 fully saturated rings. The van der Waals surface area contributed by atoms with Crippen LogP contribution in [0.4, 0.5) is 23.7 Å². The van der Waals surface area contributed by atoms with Crippen molar-refractivity contribution in [2.45, 2.75) is 63.8 Å². The average molecular weight is 491 g/mol. The quantitative estimate of drug-likeness (QED) is 0.631. The number of hydrogen-bond acceptors (Lipinski definition) is 7. The molecule has 3 heterocycles. The van der Waals surface area contributed by atoms with E-state index in [1.807, 2.05) is 4.72 Å². The first-order valence-electron chi connectivity index (χ1n) is 10.1. The van der Waals surface area contributed by atoms with Crippen LogP contribution < -0.4 is 19.5 Å². The van der Waals surface area contributed by atoms with Gasteiger partial charge < -0.3 is 14.8 Å². The topological polar surface area (TPSA) is 124 Å². The summed E-state index contributed by atoms with van der Waals surface area (Å²) in [7, 11) is -4.34. The number of carbonyl (C=O) groups is 1. The molecule has 0 spiro atoms. The molecule has 2 aromatic rings. The molecule has 0 unspecified atom stereocenters. The standard InChI is InChI=1S/C19H24F3N5O5S/c1-10(2)12-8-14(32-19(20,21)22)24-15(11(3)4)16(12)25-18(28)26-33(29,30)13-9-23-27-6-5-7-31-17(13)27/h8-11H,5-7H2,1-4H3,(H2,25,26,28). The number of fused-ring (bicyclic) bond motifs is 1. The summed E-state index contributed by atoms with van der Waals surface area (Å²) >= 11 is 0. The summed E-state index contributed by atoms with van der Waals surface area (Å²) in [5.41, 5.74) is 0.515. The number of anilines is 1. The van der Waals surface area contributed by atoms with Gasteiger partial charge in [-0.15, -0.1) is 13.2 Å². The molecule has 182 valence electrons. The van der Waals surface area contributed by atoms with Crippen molar-refractivity contribution >= 4 is 21.7 Å². The van der Waals surface area contributed by atoms with Gasteiger partial charge in [0.25, 0.3) is 10.0 Å². The van der Waals surface area contributed by atoms with Gasteiger partial charge in [0.15, 0.2) is 4.90 Å². The third-order valence-corrected chi connectivity index (χ3v) is 6.02. The van der Waals surface area contributed by atoms with Gasteiger partial charge >= 0.3 is 12.4 Å². The Morgan fingerprint density at radius 3 is 2.55 bits per heavy atom. The van der Waals surface area contributed by atoms with Gasteiger partial charge in [-0.1, -0.05) is 27.7 Å². The predicted molar refractivity (Wildman–Crippen MR) is 111 cm³/mol. The Hall–Kier alpha value is -3.03. The monoisotopic (exact) mass is 491 g/mol. The minimum absolute atomic E-state index is 0.0302. The maximum atomic E-state index is 12.7. The van der Waals surface area contributed by atoms with Gasteiger partial charge in [0.05, 0.1) is 24.2 Å². The molecule has 2 N–H and O–H groups in total. The van der Waals surface area contributed by atoms with E-state index in [-0.39, 0.29) is 28.1 Å². The van der Waals surface area contributed by atoms with Gasteiger partial charge in [0.1, 0.15) is 0 Å². The number of nitrogens with one attached hydrogen (secondary N) is 2. The van der Waals surface area contributed by atoms with Crippen molar-refractivity contribution in [3.05, 3.63) is 23.5 Å². The molecule has 0 aromatic carbocycles. The molecule has 0 bridgehead atoms. The van der Waals surface area contributed by atoms with Crippen LogP contribution in [0.25, 0.3) is 0 Å². The van der Waals surface area contributed by atoms with Crippen LogP contribution in [0.3, 0.4) is 0 Å². The van der Waals surface area contributed by atoms with Crippen molar-refractivity contribution in [2.24, 2.45) is 0 Å². The van der Waals surface area contributed by atoms with Crippen LogP contribution in [0.15, 0.2) is 17.2 Å². The average Bonchev–Trinajstić information content (AvgIpc) is 3.12.